The zero-order chi connectivity index (χ0) is 17.1. The number of hydrogen-bond acceptors (Lipinski definition) is 5. The number of anilines is 1. The summed E-state index contributed by atoms with van der Waals surface area (Å²) in [5, 5.41) is 13.9. The molecule has 2 heterocycles. The molecule has 1 aliphatic carbocycles. The van der Waals surface area contributed by atoms with Crippen LogP contribution in [0.5, 0.6) is 0 Å². The Morgan fingerprint density at radius 3 is 2.84 bits per heavy atom. The molecule has 3 aromatic rings. The number of rotatable bonds is 5. The van der Waals surface area contributed by atoms with E-state index in [1.165, 1.54) is 0 Å². The Kier molecular flexibility index (Phi) is 4.43. The summed E-state index contributed by atoms with van der Waals surface area (Å²) in [7, 11) is 0. The fourth-order valence-corrected chi connectivity index (χ4v) is 3.56. The third-order valence-corrected chi connectivity index (χ3v) is 4.77. The lowest BCUT2D eigenvalue weighted by Crippen LogP contribution is -2.28. The summed E-state index contributed by atoms with van der Waals surface area (Å²) in [6.45, 7) is 0.880. The first-order valence-corrected chi connectivity index (χ1v) is 8.55. The number of nitrogens with one attached hydrogen (secondary N) is 1. The second kappa shape index (κ2) is 7.03. The monoisotopic (exact) mass is 335 g/mol. The second-order valence-electron chi connectivity index (χ2n) is 6.57. The quantitative estimate of drug-likeness (QED) is 0.749. The molecule has 2 aromatic heterocycles. The lowest BCUT2D eigenvalue weighted by Gasteiger charge is -2.19. The van der Waals surface area contributed by atoms with Gasteiger partial charge in [-0.05, 0) is 24.3 Å². The van der Waals surface area contributed by atoms with Crippen molar-refractivity contribution in [2.45, 2.75) is 31.5 Å². The first-order chi connectivity index (χ1) is 12.3. The summed E-state index contributed by atoms with van der Waals surface area (Å²) in [5.74, 6) is 1.19. The van der Waals surface area contributed by atoms with Crippen molar-refractivity contribution in [1.82, 2.24) is 19.5 Å². The van der Waals surface area contributed by atoms with Gasteiger partial charge in [-0.25, -0.2) is 15.0 Å². The first-order valence-electron chi connectivity index (χ1n) is 8.55. The molecule has 128 valence electrons. The third-order valence-electron chi connectivity index (χ3n) is 4.77. The summed E-state index contributed by atoms with van der Waals surface area (Å²) < 4.78 is 2.07. The number of aliphatic hydroxyl groups is 1. The van der Waals surface area contributed by atoms with Crippen molar-refractivity contribution in [2.24, 2.45) is 5.92 Å². The van der Waals surface area contributed by atoms with Gasteiger partial charge in [-0.3, -0.25) is 0 Å². The van der Waals surface area contributed by atoms with E-state index >= 15 is 0 Å². The Morgan fingerprint density at radius 1 is 1.16 bits per heavy atom. The van der Waals surface area contributed by atoms with Gasteiger partial charge in [0.15, 0.2) is 0 Å². The predicted molar refractivity (Wildman–Crippen MR) is 95.8 cm³/mol. The topological polar surface area (TPSA) is 75.9 Å². The Bertz CT molecular complexity index is 806. The van der Waals surface area contributed by atoms with Crippen LogP contribution in [0, 0.1) is 5.92 Å². The smallest absolute Gasteiger partial charge is 0.137 e. The maximum atomic E-state index is 10.5. The van der Waals surface area contributed by atoms with Gasteiger partial charge in [0.05, 0.1) is 18.5 Å². The summed E-state index contributed by atoms with van der Waals surface area (Å²) in [6, 6.07) is 10.1. The molecule has 6 nitrogen and oxygen atoms in total. The number of hydrogen-bond donors (Lipinski definition) is 2. The SMILES string of the molecule is O[C@@H]1CC(Cn2ccnc2)C[C@H]1Nc1ncncc1-c1ccccc1. The van der Waals surface area contributed by atoms with Gasteiger partial charge in [-0.1, -0.05) is 30.3 Å². The van der Waals surface area contributed by atoms with Crippen LogP contribution in [-0.2, 0) is 6.54 Å². The summed E-state index contributed by atoms with van der Waals surface area (Å²) in [5.41, 5.74) is 2.02. The van der Waals surface area contributed by atoms with E-state index in [4.69, 9.17) is 0 Å². The van der Waals surface area contributed by atoms with Crippen molar-refractivity contribution in [2.75, 3.05) is 5.32 Å². The molecule has 0 aliphatic heterocycles. The van der Waals surface area contributed by atoms with Crippen LogP contribution in [0.1, 0.15) is 12.8 Å². The third kappa shape index (κ3) is 3.53. The van der Waals surface area contributed by atoms with Crippen LogP contribution in [0.25, 0.3) is 11.1 Å². The molecule has 1 unspecified atom stereocenters. The number of aromatic nitrogens is 4. The maximum Gasteiger partial charge on any atom is 0.137 e. The average Bonchev–Trinajstić information content (AvgIpc) is 3.27. The lowest BCUT2D eigenvalue weighted by atomic mass is 10.1. The highest BCUT2D eigenvalue weighted by Gasteiger charge is 2.33. The number of benzene rings is 1. The highest BCUT2D eigenvalue weighted by Crippen LogP contribution is 2.32. The van der Waals surface area contributed by atoms with Crippen LogP contribution in [0.3, 0.4) is 0 Å². The van der Waals surface area contributed by atoms with Crippen molar-refractivity contribution in [3.05, 3.63) is 61.6 Å². The zero-order valence-corrected chi connectivity index (χ0v) is 13.9. The van der Waals surface area contributed by atoms with E-state index in [0.717, 1.165) is 36.3 Å². The van der Waals surface area contributed by atoms with Crippen molar-refractivity contribution >= 4 is 5.82 Å². The standard InChI is InChI=1S/C19H21N5O/c25-18-9-14(11-24-7-6-20-13-24)8-17(18)23-19-16(10-21-12-22-19)15-4-2-1-3-5-15/h1-7,10,12-14,17-18,25H,8-9,11H2,(H,21,22,23)/t14?,17-,18-/m1/s1. The first kappa shape index (κ1) is 15.8. The van der Waals surface area contributed by atoms with Gasteiger partial charge >= 0.3 is 0 Å². The Hall–Kier alpha value is -2.73. The fourth-order valence-electron chi connectivity index (χ4n) is 3.56. The second-order valence-corrected chi connectivity index (χ2v) is 6.57. The Balaban J connectivity index is 1.49. The van der Waals surface area contributed by atoms with Gasteiger partial charge in [0, 0.05) is 30.7 Å². The van der Waals surface area contributed by atoms with Crippen molar-refractivity contribution in [3.8, 4) is 11.1 Å². The fraction of sp³-hybridized carbons (Fsp3) is 0.316. The van der Waals surface area contributed by atoms with E-state index in [2.05, 4.69) is 24.8 Å². The molecule has 6 heteroatoms. The van der Waals surface area contributed by atoms with E-state index in [1.807, 2.05) is 49.1 Å². The van der Waals surface area contributed by atoms with Gasteiger partial charge in [-0.2, -0.15) is 0 Å². The molecular formula is C19H21N5O. The molecule has 0 spiro atoms. The molecule has 1 aromatic carbocycles. The minimum Gasteiger partial charge on any atom is -0.391 e. The van der Waals surface area contributed by atoms with Crippen LogP contribution in [0.2, 0.25) is 0 Å². The molecule has 1 fully saturated rings. The van der Waals surface area contributed by atoms with Crippen molar-refractivity contribution < 1.29 is 5.11 Å². The summed E-state index contributed by atoms with van der Waals surface area (Å²) in [4.78, 5) is 12.6. The Labute approximate surface area is 146 Å². The molecule has 0 radical (unpaired) electrons. The Morgan fingerprint density at radius 2 is 2.04 bits per heavy atom. The average molecular weight is 335 g/mol. The van der Waals surface area contributed by atoms with Crippen LogP contribution < -0.4 is 5.32 Å². The highest BCUT2D eigenvalue weighted by molar-refractivity contribution is 5.74. The van der Waals surface area contributed by atoms with E-state index in [1.54, 1.807) is 12.5 Å². The predicted octanol–water partition coefficient (Wildman–Crippen LogP) is 2.59. The molecule has 1 saturated carbocycles. The van der Waals surface area contributed by atoms with Crippen molar-refractivity contribution in [3.63, 3.8) is 0 Å². The van der Waals surface area contributed by atoms with E-state index in [-0.39, 0.29) is 12.1 Å². The van der Waals surface area contributed by atoms with Crippen molar-refractivity contribution in [1.29, 1.82) is 0 Å². The molecule has 2 N–H and O–H groups in total. The van der Waals surface area contributed by atoms with Gasteiger partial charge < -0.3 is 15.0 Å². The maximum absolute atomic E-state index is 10.5. The number of imidazole rings is 1. The number of nitrogens with zero attached hydrogens (tertiary/aromatic N) is 4. The molecule has 1 aliphatic rings. The molecule has 4 rings (SSSR count). The summed E-state index contributed by atoms with van der Waals surface area (Å²) in [6.07, 6.45) is 10.2. The normalized spacial score (nSPS) is 22.8. The molecule has 25 heavy (non-hydrogen) atoms. The van der Waals surface area contributed by atoms with E-state index < -0.39 is 0 Å². The molecular weight excluding hydrogens is 314 g/mol. The van der Waals surface area contributed by atoms with Crippen LogP contribution in [0.4, 0.5) is 5.82 Å². The van der Waals surface area contributed by atoms with Crippen LogP contribution in [-0.4, -0.2) is 36.8 Å². The van der Waals surface area contributed by atoms with E-state index in [9.17, 15) is 5.11 Å². The minimum atomic E-state index is -0.382. The van der Waals surface area contributed by atoms with E-state index in [0.29, 0.717) is 5.92 Å². The van der Waals surface area contributed by atoms with Gasteiger partial charge in [-0.15, -0.1) is 0 Å². The minimum absolute atomic E-state index is 0.00844. The van der Waals surface area contributed by atoms with Gasteiger partial charge in [0.1, 0.15) is 12.1 Å². The zero-order valence-electron chi connectivity index (χ0n) is 13.9. The molecule has 0 bridgehead atoms. The molecule has 0 saturated heterocycles. The highest BCUT2D eigenvalue weighted by atomic mass is 16.3. The van der Waals surface area contributed by atoms with Crippen LogP contribution in [0.15, 0.2) is 61.6 Å². The number of aliphatic hydroxyl groups excluding tert-OH is 1. The molecule has 3 atom stereocenters. The molecule has 0 amide bonds. The summed E-state index contributed by atoms with van der Waals surface area (Å²) >= 11 is 0. The van der Waals surface area contributed by atoms with Gasteiger partial charge in [0.2, 0.25) is 0 Å². The van der Waals surface area contributed by atoms with Gasteiger partial charge in [0.25, 0.3) is 0 Å². The largest absolute Gasteiger partial charge is 0.391 e. The van der Waals surface area contributed by atoms with Crippen LogP contribution >= 0.6 is 0 Å². The lowest BCUT2D eigenvalue weighted by molar-refractivity contribution is 0.166.